The second-order valence-corrected chi connectivity index (χ2v) is 5.71. The number of benzene rings is 2. The van der Waals surface area contributed by atoms with E-state index in [1.807, 2.05) is 12.1 Å². The van der Waals surface area contributed by atoms with Gasteiger partial charge in [0.05, 0.1) is 6.10 Å². The highest BCUT2D eigenvalue weighted by atomic mass is 79.9. The van der Waals surface area contributed by atoms with Crippen molar-refractivity contribution in [3.05, 3.63) is 62.8 Å². The van der Waals surface area contributed by atoms with Gasteiger partial charge in [-0.05, 0) is 31.2 Å². The molecule has 0 saturated carbocycles. The van der Waals surface area contributed by atoms with Crippen LogP contribution in [0.1, 0.15) is 24.2 Å². The molecule has 0 aliphatic carbocycles. The van der Waals surface area contributed by atoms with Gasteiger partial charge in [-0.3, -0.25) is 0 Å². The second-order valence-electron chi connectivity index (χ2n) is 4.38. The number of hydrogen-bond donors (Lipinski definition) is 1. The molecule has 0 aliphatic heterocycles. The molecular weight excluding hydrogens is 347 g/mol. The van der Waals surface area contributed by atoms with Crippen LogP contribution in [0.15, 0.2) is 40.9 Å². The summed E-state index contributed by atoms with van der Waals surface area (Å²) in [6, 6.07) is 9.51. The molecule has 2 aromatic carbocycles. The van der Waals surface area contributed by atoms with E-state index in [0.29, 0.717) is 16.3 Å². The van der Waals surface area contributed by atoms with Crippen LogP contribution >= 0.6 is 27.5 Å². The van der Waals surface area contributed by atoms with Gasteiger partial charge in [0.25, 0.3) is 0 Å². The van der Waals surface area contributed by atoms with Gasteiger partial charge in [0.2, 0.25) is 0 Å². The van der Waals surface area contributed by atoms with Crippen LogP contribution in [0.3, 0.4) is 0 Å². The van der Waals surface area contributed by atoms with Crippen molar-refractivity contribution >= 4 is 27.5 Å². The number of rotatable bonds is 4. The lowest BCUT2D eigenvalue weighted by Gasteiger charge is -2.14. The second kappa shape index (κ2) is 6.57. The average Bonchev–Trinajstić information content (AvgIpc) is 2.37. The van der Waals surface area contributed by atoms with Crippen molar-refractivity contribution in [2.75, 3.05) is 0 Å². The van der Waals surface area contributed by atoms with Crippen LogP contribution in [-0.4, -0.2) is 5.11 Å². The van der Waals surface area contributed by atoms with E-state index in [1.54, 1.807) is 13.0 Å². The first-order valence-electron chi connectivity index (χ1n) is 6.01. The molecule has 0 spiro atoms. The summed E-state index contributed by atoms with van der Waals surface area (Å²) in [4.78, 5) is 0. The Kier molecular flexibility index (Phi) is 5.02. The third kappa shape index (κ3) is 3.72. The van der Waals surface area contributed by atoms with Gasteiger partial charge in [-0.25, -0.2) is 4.39 Å². The van der Waals surface area contributed by atoms with Crippen LogP contribution in [0.4, 0.5) is 4.39 Å². The van der Waals surface area contributed by atoms with Crippen molar-refractivity contribution in [2.24, 2.45) is 0 Å². The Morgan fingerprint density at radius 1 is 1.30 bits per heavy atom. The van der Waals surface area contributed by atoms with E-state index in [1.165, 1.54) is 18.2 Å². The number of halogens is 3. The molecule has 0 saturated heterocycles. The fourth-order valence-corrected chi connectivity index (χ4v) is 2.50. The number of hydrogen-bond acceptors (Lipinski definition) is 2. The van der Waals surface area contributed by atoms with Crippen LogP contribution in [0.25, 0.3) is 0 Å². The summed E-state index contributed by atoms with van der Waals surface area (Å²) < 4.78 is 19.7. The molecule has 5 heteroatoms. The fourth-order valence-electron chi connectivity index (χ4n) is 1.77. The van der Waals surface area contributed by atoms with Gasteiger partial charge in [-0.1, -0.05) is 33.6 Å². The average molecular weight is 360 g/mol. The molecule has 0 amide bonds. The third-order valence-corrected chi connectivity index (χ3v) is 3.67. The smallest absolute Gasteiger partial charge is 0.128 e. The third-order valence-electron chi connectivity index (χ3n) is 2.82. The molecule has 0 bridgehead atoms. The minimum atomic E-state index is -0.731. The zero-order chi connectivity index (χ0) is 14.7. The summed E-state index contributed by atoms with van der Waals surface area (Å²) in [6.45, 7) is 1.81. The van der Waals surface area contributed by atoms with Gasteiger partial charge in [0, 0.05) is 26.7 Å². The maximum absolute atomic E-state index is 13.3. The van der Waals surface area contributed by atoms with Gasteiger partial charge in [0.1, 0.15) is 18.2 Å². The first-order chi connectivity index (χ1) is 9.47. The summed E-state index contributed by atoms with van der Waals surface area (Å²) in [5.74, 6) is -0.0923. The molecule has 0 aromatic heterocycles. The highest BCUT2D eigenvalue weighted by Gasteiger charge is 2.11. The van der Waals surface area contributed by atoms with Crippen molar-refractivity contribution in [1.29, 1.82) is 0 Å². The molecule has 2 aromatic rings. The van der Waals surface area contributed by atoms with Crippen LogP contribution in [-0.2, 0) is 6.61 Å². The van der Waals surface area contributed by atoms with Gasteiger partial charge in [0.15, 0.2) is 0 Å². The van der Waals surface area contributed by atoms with Crippen LogP contribution in [0.2, 0.25) is 5.02 Å². The number of ether oxygens (including phenoxy) is 1. The lowest BCUT2D eigenvalue weighted by molar-refractivity contribution is 0.190. The standard InChI is InChI=1S/C15H13BrClFO2/c1-9(19)13-5-4-12(18)7-15(13)20-8-10-2-3-11(16)6-14(10)17/h2-7,9,19H,8H2,1H3/t9-/m1/s1. The number of aliphatic hydroxyl groups is 1. The van der Waals surface area contributed by atoms with E-state index in [0.717, 1.165) is 10.0 Å². The maximum atomic E-state index is 13.3. The Balaban J connectivity index is 2.20. The summed E-state index contributed by atoms with van der Waals surface area (Å²) in [5, 5.41) is 10.2. The molecule has 2 rings (SSSR count). The van der Waals surface area contributed by atoms with Crippen molar-refractivity contribution in [2.45, 2.75) is 19.6 Å². The highest BCUT2D eigenvalue weighted by molar-refractivity contribution is 9.10. The number of aliphatic hydroxyl groups excluding tert-OH is 1. The van der Waals surface area contributed by atoms with E-state index < -0.39 is 11.9 Å². The summed E-state index contributed by atoms with van der Waals surface area (Å²) in [7, 11) is 0. The Labute approximate surface area is 130 Å². The molecule has 0 unspecified atom stereocenters. The molecule has 0 fully saturated rings. The molecule has 0 radical (unpaired) electrons. The molecular formula is C15H13BrClFO2. The predicted octanol–water partition coefficient (Wildman–Crippen LogP) is 4.87. The highest BCUT2D eigenvalue weighted by Crippen LogP contribution is 2.28. The van der Waals surface area contributed by atoms with E-state index in [9.17, 15) is 9.50 Å². The normalized spacial score (nSPS) is 12.2. The van der Waals surface area contributed by atoms with Crippen molar-refractivity contribution < 1.29 is 14.2 Å². The van der Waals surface area contributed by atoms with Gasteiger partial charge in [-0.15, -0.1) is 0 Å². The molecule has 0 aliphatic rings. The largest absolute Gasteiger partial charge is 0.488 e. The fraction of sp³-hybridized carbons (Fsp3) is 0.200. The van der Waals surface area contributed by atoms with Crippen molar-refractivity contribution in [1.82, 2.24) is 0 Å². The lowest BCUT2D eigenvalue weighted by atomic mass is 10.1. The predicted molar refractivity (Wildman–Crippen MR) is 80.5 cm³/mol. The Bertz CT molecular complexity index is 617. The first-order valence-corrected chi connectivity index (χ1v) is 7.18. The summed E-state index contributed by atoms with van der Waals surface area (Å²) in [5.41, 5.74) is 1.33. The molecule has 2 nitrogen and oxygen atoms in total. The van der Waals surface area contributed by atoms with E-state index in [4.69, 9.17) is 16.3 Å². The van der Waals surface area contributed by atoms with E-state index >= 15 is 0 Å². The van der Waals surface area contributed by atoms with E-state index in [-0.39, 0.29) is 6.61 Å². The SMILES string of the molecule is C[C@@H](O)c1ccc(F)cc1OCc1ccc(Br)cc1Cl. The van der Waals surface area contributed by atoms with Gasteiger partial charge in [-0.2, -0.15) is 0 Å². The molecule has 1 atom stereocenters. The molecule has 0 heterocycles. The summed E-state index contributed by atoms with van der Waals surface area (Å²) in [6.07, 6.45) is -0.731. The van der Waals surface area contributed by atoms with Crippen LogP contribution in [0.5, 0.6) is 5.75 Å². The van der Waals surface area contributed by atoms with Gasteiger partial charge >= 0.3 is 0 Å². The monoisotopic (exact) mass is 358 g/mol. The summed E-state index contributed by atoms with van der Waals surface area (Å²) >= 11 is 9.42. The minimum Gasteiger partial charge on any atom is -0.488 e. The zero-order valence-corrected chi connectivity index (χ0v) is 13.1. The first kappa shape index (κ1) is 15.3. The van der Waals surface area contributed by atoms with Crippen molar-refractivity contribution in [3.8, 4) is 5.75 Å². The quantitative estimate of drug-likeness (QED) is 0.843. The molecule has 106 valence electrons. The van der Waals surface area contributed by atoms with Gasteiger partial charge < -0.3 is 9.84 Å². The maximum Gasteiger partial charge on any atom is 0.128 e. The van der Waals surface area contributed by atoms with Crippen LogP contribution < -0.4 is 4.74 Å². The Morgan fingerprint density at radius 3 is 2.70 bits per heavy atom. The Morgan fingerprint density at radius 2 is 2.05 bits per heavy atom. The van der Waals surface area contributed by atoms with E-state index in [2.05, 4.69) is 15.9 Å². The minimum absolute atomic E-state index is 0.204. The lowest BCUT2D eigenvalue weighted by Crippen LogP contribution is -2.02. The zero-order valence-electron chi connectivity index (χ0n) is 10.7. The molecule has 20 heavy (non-hydrogen) atoms. The molecule has 1 N–H and O–H groups in total. The van der Waals surface area contributed by atoms with Crippen molar-refractivity contribution in [3.63, 3.8) is 0 Å². The topological polar surface area (TPSA) is 29.5 Å². The van der Waals surface area contributed by atoms with Crippen LogP contribution in [0, 0.1) is 5.82 Å². The Hall–Kier alpha value is -1.10.